The molecule has 2 aliphatic rings. The Morgan fingerprint density at radius 2 is 1.96 bits per heavy atom. The number of amides is 2. The second-order valence-corrected chi connectivity index (χ2v) is 7.93. The van der Waals surface area contributed by atoms with Gasteiger partial charge in [-0.05, 0) is 38.2 Å². The maximum Gasteiger partial charge on any atom is 0.274 e. The zero-order valence-corrected chi connectivity index (χ0v) is 15.1. The van der Waals surface area contributed by atoms with Gasteiger partial charge >= 0.3 is 0 Å². The number of hydrogen-bond donors (Lipinski definition) is 1. The van der Waals surface area contributed by atoms with Gasteiger partial charge in [-0.3, -0.25) is 9.59 Å². The number of rotatable bonds is 4. The summed E-state index contributed by atoms with van der Waals surface area (Å²) in [4.78, 5) is 31.6. The van der Waals surface area contributed by atoms with Crippen LogP contribution >= 0.6 is 11.3 Å². The number of piperidine rings is 1. The molecule has 7 heteroatoms. The first-order valence-corrected chi connectivity index (χ1v) is 9.74. The van der Waals surface area contributed by atoms with Gasteiger partial charge in [-0.15, -0.1) is 11.3 Å². The molecule has 2 N–H and O–H groups in total. The minimum absolute atomic E-state index is 0.246. The monoisotopic (exact) mass is 373 g/mol. The van der Waals surface area contributed by atoms with E-state index in [9.17, 15) is 14.0 Å². The van der Waals surface area contributed by atoms with Crippen LogP contribution in [0.5, 0.6) is 0 Å². The molecule has 1 unspecified atom stereocenters. The highest BCUT2D eigenvalue weighted by atomic mass is 32.1. The molecule has 1 saturated carbocycles. The Hall–Kier alpha value is -2.28. The number of benzene rings is 1. The van der Waals surface area contributed by atoms with Gasteiger partial charge in [0.15, 0.2) is 0 Å². The number of hydrogen-bond acceptors (Lipinski definition) is 4. The van der Waals surface area contributed by atoms with Crippen LogP contribution < -0.4 is 5.73 Å². The maximum atomic E-state index is 14.4. The molecule has 0 spiro atoms. The lowest BCUT2D eigenvalue weighted by Gasteiger charge is -2.33. The van der Waals surface area contributed by atoms with Crippen molar-refractivity contribution in [1.29, 1.82) is 0 Å². The average molecular weight is 373 g/mol. The van der Waals surface area contributed by atoms with Gasteiger partial charge in [0.1, 0.15) is 17.6 Å². The average Bonchev–Trinajstić information content (AvgIpc) is 3.41. The van der Waals surface area contributed by atoms with Gasteiger partial charge in [-0.25, -0.2) is 9.37 Å². The third-order valence-electron chi connectivity index (χ3n) is 4.98. The minimum Gasteiger partial charge on any atom is -0.368 e. The van der Waals surface area contributed by atoms with Gasteiger partial charge in [-0.1, -0.05) is 18.2 Å². The first-order valence-electron chi connectivity index (χ1n) is 8.92. The van der Waals surface area contributed by atoms with E-state index in [-0.39, 0.29) is 17.4 Å². The molecule has 0 bridgehead atoms. The van der Waals surface area contributed by atoms with Gasteiger partial charge in [0.2, 0.25) is 5.91 Å². The predicted octanol–water partition coefficient (Wildman–Crippen LogP) is 3.31. The number of carbonyl (C=O) groups is 2. The number of likely N-dealkylation sites (tertiary alicyclic amines) is 1. The van der Waals surface area contributed by atoms with Gasteiger partial charge in [0.05, 0.1) is 9.88 Å². The minimum atomic E-state index is -0.615. The van der Waals surface area contributed by atoms with Crippen LogP contribution in [-0.2, 0) is 4.79 Å². The Balaban J connectivity index is 1.76. The van der Waals surface area contributed by atoms with E-state index in [1.54, 1.807) is 18.2 Å². The van der Waals surface area contributed by atoms with Crippen molar-refractivity contribution in [3.8, 4) is 10.4 Å². The predicted molar refractivity (Wildman–Crippen MR) is 97.4 cm³/mol. The number of thiazole rings is 1. The van der Waals surface area contributed by atoms with Crippen LogP contribution in [0, 0.1) is 5.82 Å². The van der Waals surface area contributed by atoms with E-state index in [1.165, 1.54) is 22.3 Å². The number of aromatic nitrogens is 1. The van der Waals surface area contributed by atoms with E-state index in [4.69, 9.17) is 5.73 Å². The van der Waals surface area contributed by atoms with Crippen LogP contribution in [-0.4, -0.2) is 34.3 Å². The smallest absolute Gasteiger partial charge is 0.274 e. The Kier molecular flexibility index (Phi) is 4.48. The lowest BCUT2D eigenvalue weighted by Crippen LogP contribution is -2.50. The third-order valence-corrected chi connectivity index (χ3v) is 6.23. The molecule has 1 atom stereocenters. The van der Waals surface area contributed by atoms with Crippen LogP contribution in [0.4, 0.5) is 4.39 Å². The topological polar surface area (TPSA) is 76.3 Å². The molecular weight excluding hydrogens is 353 g/mol. The molecule has 1 aliphatic heterocycles. The highest BCUT2D eigenvalue weighted by Crippen LogP contribution is 2.45. The van der Waals surface area contributed by atoms with Crippen molar-refractivity contribution in [2.45, 2.75) is 44.1 Å². The standard InChI is InChI=1S/C19H20FN3O2S/c20-13-6-2-1-5-12(13)16-15(22-18(26-16)11-8-9-11)19(25)23-10-4-3-7-14(23)17(21)24/h1-2,5-6,11,14H,3-4,7-10H2,(H2,21,24). The zero-order chi connectivity index (χ0) is 18.3. The Morgan fingerprint density at radius 1 is 1.19 bits per heavy atom. The molecule has 1 saturated heterocycles. The van der Waals surface area contributed by atoms with Crippen molar-refractivity contribution in [2.24, 2.45) is 5.73 Å². The SMILES string of the molecule is NC(=O)C1CCCCN1C(=O)c1nc(C2CC2)sc1-c1ccccc1F. The van der Waals surface area contributed by atoms with Gasteiger partial charge in [0.25, 0.3) is 5.91 Å². The van der Waals surface area contributed by atoms with E-state index in [2.05, 4.69) is 4.98 Å². The van der Waals surface area contributed by atoms with Crippen molar-refractivity contribution >= 4 is 23.2 Å². The first-order chi connectivity index (χ1) is 12.6. The molecule has 2 amide bonds. The van der Waals surface area contributed by atoms with Crippen LogP contribution in [0.25, 0.3) is 10.4 Å². The Morgan fingerprint density at radius 3 is 2.65 bits per heavy atom. The highest BCUT2D eigenvalue weighted by Gasteiger charge is 2.36. The highest BCUT2D eigenvalue weighted by molar-refractivity contribution is 7.15. The van der Waals surface area contributed by atoms with Crippen molar-refractivity contribution in [3.05, 3.63) is 40.8 Å². The molecule has 0 radical (unpaired) electrons. The summed E-state index contributed by atoms with van der Waals surface area (Å²) < 4.78 is 14.4. The molecule has 136 valence electrons. The molecule has 2 aromatic rings. The second-order valence-electron chi connectivity index (χ2n) is 6.90. The van der Waals surface area contributed by atoms with Crippen LogP contribution in [0.1, 0.15) is 53.5 Å². The molecular formula is C19H20FN3O2S. The lowest BCUT2D eigenvalue weighted by atomic mass is 10.0. The van der Waals surface area contributed by atoms with Gasteiger partial charge < -0.3 is 10.6 Å². The van der Waals surface area contributed by atoms with Gasteiger partial charge in [0, 0.05) is 18.0 Å². The van der Waals surface area contributed by atoms with Crippen molar-refractivity contribution in [2.75, 3.05) is 6.54 Å². The van der Waals surface area contributed by atoms with Crippen molar-refractivity contribution < 1.29 is 14.0 Å². The number of nitrogens with zero attached hydrogens (tertiary/aromatic N) is 2. The molecule has 4 rings (SSSR count). The quantitative estimate of drug-likeness (QED) is 0.893. The third kappa shape index (κ3) is 3.11. The molecule has 1 aromatic heterocycles. The van der Waals surface area contributed by atoms with Crippen LogP contribution in [0.2, 0.25) is 0 Å². The summed E-state index contributed by atoms with van der Waals surface area (Å²) in [6, 6.07) is 5.80. The molecule has 26 heavy (non-hydrogen) atoms. The number of primary amides is 1. The van der Waals surface area contributed by atoms with E-state index in [1.807, 2.05) is 0 Å². The Bertz CT molecular complexity index is 862. The molecule has 1 aliphatic carbocycles. The van der Waals surface area contributed by atoms with E-state index < -0.39 is 11.9 Å². The second kappa shape index (κ2) is 6.79. The summed E-state index contributed by atoms with van der Waals surface area (Å²) >= 11 is 1.38. The van der Waals surface area contributed by atoms with Crippen molar-refractivity contribution in [1.82, 2.24) is 9.88 Å². The molecule has 5 nitrogen and oxygen atoms in total. The van der Waals surface area contributed by atoms with Crippen LogP contribution in [0.15, 0.2) is 24.3 Å². The summed E-state index contributed by atoms with van der Waals surface area (Å²) in [6.45, 7) is 0.472. The largest absolute Gasteiger partial charge is 0.368 e. The molecule has 1 aromatic carbocycles. The fourth-order valence-corrected chi connectivity index (χ4v) is 4.67. The van der Waals surface area contributed by atoms with E-state index >= 15 is 0 Å². The number of halogens is 1. The molecule has 2 fully saturated rings. The summed E-state index contributed by atoms with van der Waals surface area (Å²) in [5.41, 5.74) is 6.13. The van der Waals surface area contributed by atoms with E-state index in [0.29, 0.717) is 29.3 Å². The van der Waals surface area contributed by atoms with Gasteiger partial charge in [-0.2, -0.15) is 0 Å². The van der Waals surface area contributed by atoms with E-state index in [0.717, 1.165) is 30.7 Å². The first kappa shape index (κ1) is 17.1. The molecule has 2 heterocycles. The number of carbonyl (C=O) groups excluding carboxylic acids is 2. The lowest BCUT2D eigenvalue weighted by molar-refractivity contribution is -0.123. The summed E-state index contributed by atoms with van der Waals surface area (Å²) in [7, 11) is 0. The maximum absolute atomic E-state index is 14.4. The normalized spacial score (nSPS) is 20.2. The summed E-state index contributed by atoms with van der Waals surface area (Å²) in [5.74, 6) is -0.837. The van der Waals surface area contributed by atoms with Crippen molar-refractivity contribution in [3.63, 3.8) is 0 Å². The fourth-order valence-electron chi connectivity index (χ4n) is 3.42. The summed E-state index contributed by atoms with van der Waals surface area (Å²) in [5, 5.41) is 0.874. The number of nitrogens with two attached hydrogens (primary N) is 1. The summed E-state index contributed by atoms with van der Waals surface area (Å²) in [6.07, 6.45) is 4.35. The fraction of sp³-hybridized carbons (Fsp3) is 0.421. The zero-order valence-electron chi connectivity index (χ0n) is 14.3. The Labute approximate surface area is 155 Å². The van der Waals surface area contributed by atoms with Crippen LogP contribution in [0.3, 0.4) is 0 Å².